The summed E-state index contributed by atoms with van der Waals surface area (Å²) >= 11 is 0. The number of anilines is 1. The monoisotopic (exact) mass is 338 g/mol. The number of carbonyl (C=O) groups excluding carboxylic acids is 1. The third kappa shape index (κ3) is 5.04. The predicted molar refractivity (Wildman–Crippen MR) is 94.0 cm³/mol. The molecule has 2 rings (SSSR count). The lowest BCUT2D eigenvalue weighted by molar-refractivity contribution is 0.185. The van der Waals surface area contributed by atoms with Gasteiger partial charge in [0.1, 0.15) is 0 Å². The van der Waals surface area contributed by atoms with Gasteiger partial charge in [-0.25, -0.2) is 4.79 Å². The molecule has 2 N–H and O–H groups in total. The molecule has 0 spiro atoms. The van der Waals surface area contributed by atoms with E-state index in [0.29, 0.717) is 12.4 Å². The lowest BCUT2D eigenvalue weighted by atomic mass is 9.95. The highest BCUT2D eigenvalue weighted by Crippen LogP contribution is 2.23. The highest BCUT2D eigenvalue weighted by Gasteiger charge is 2.30. The number of carbonyl (C=O) groups is 1. The van der Waals surface area contributed by atoms with Gasteiger partial charge in [-0.1, -0.05) is 38.0 Å². The quantitative estimate of drug-likeness (QED) is 0.838. The number of para-hydroxylation sites is 1. The zero-order valence-electron chi connectivity index (χ0n) is 13.8. The lowest BCUT2D eigenvalue weighted by Gasteiger charge is -2.31. The third-order valence-corrected chi connectivity index (χ3v) is 6.02. The number of methoxy groups -OCH3 is 1. The van der Waals surface area contributed by atoms with E-state index in [1.165, 1.54) is 0 Å². The van der Waals surface area contributed by atoms with Crippen LogP contribution in [0.15, 0.2) is 24.3 Å². The van der Waals surface area contributed by atoms with E-state index < -0.39 is 10.8 Å². The van der Waals surface area contributed by atoms with Crippen LogP contribution in [0, 0.1) is 0 Å². The van der Waals surface area contributed by atoms with Crippen LogP contribution in [-0.4, -0.2) is 34.4 Å². The summed E-state index contributed by atoms with van der Waals surface area (Å²) in [5.41, 5.74) is 1.68. The smallest absolute Gasteiger partial charge is 0.319 e. The van der Waals surface area contributed by atoms with Crippen LogP contribution in [-0.2, 0) is 22.1 Å². The molecule has 0 aromatic heterocycles. The summed E-state index contributed by atoms with van der Waals surface area (Å²) in [6.07, 6.45) is 3.98. The molecule has 6 heteroatoms. The Labute approximate surface area is 140 Å². The maximum atomic E-state index is 12.3. The summed E-state index contributed by atoms with van der Waals surface area (Å²) in [5.74, 6) is 0.640. The van der Waals surface area contributed by atoms with Gasteiger partial charge >= 0.3 is 6.03 Å². The summed E-state index contributed by atoms with van der Waals surface area (Å²) < 4.78 is 17.3. The molecule has 0 saturated heterocycles. The van der Waals surface area contributed by atoms with E-state index in [2.05, 4.69) is 10.6 Å². The SMILES string of the molecule is CCS(=O)C1CCCCC1NC(=O)Nc1ccccc1COC. The lowest BCUT2D eigenvalue weighted by Crippen LogP contribution is -2.48. The topological polar surface area (TPSA) is 67.4 Å². The molecule has 1 aromatic rings. The van der Waals surface area contributed by atoms with Crippen molar-refractivity contribution in [2.75, 3.05) is 18.2 Å². The number of ether oxygens (including phenoxy) is 1. The number of urea groups is 1. The van der Waals surface area contributed by atoms with Crippen LogP contribution in [0.25, 0.3) is 0 Å². The molecule has 5 nitrogen and oxygen atoms in total. The van der Waals surface area contributed by atoms with Crippen molar-refractivity contribution in [1.82, 2.24) is 5.32 Å². The molecular weight excluding hydrogens is 312 g/mol. The summed E-state index contributed by atoms with van der Waals surface area (Å²) in [6.45, 7) is 2.38. The number of rotatable bonds is 6. The van der Waals surface area contributed by atoms with E-state index in [4.69, 9.17) is 4.74 Å². The van der Waals surface area contributed by atoms with Gasteiger partial charge < -0.3 is 15.4 Å². The minimum atomic E-state index is -0.876. The van der Waals surface area contributed by atoms with Crippen molar-refractivity contribution in [3.63, 3.8) is 0 Å². The highest BCUT2D eigenvalue weighted by molar-refractivity contribution is 7.85. The maximum absolute atomic E-state index is 12.3. The Balaban J connectivity index is 1.99. The van der Waals surface area contributed by atoms with Crippen LogP contribution in [0.5, 0.6) is 0 Å². The van der Waals surface area contributed by atoms with Crippen molar-refractivity contribution in [3.8, 4) is 0 Å². The van der Waals surface area contributed by atoms with Crippen molar-refractivity contribution >= 4 is 22.5 Å². The third-order valence-electron chi connectivity index (χ3n) is 4.21. The Kier molecular flexibility index (Phi) is 7.05. The fourth-order valence-corrected chi connectivity index (χ4v) is 4.47. The number of hydrogen-bond donors (Lipinski definition) is 2. The van der Waals surface area contributed by atoms with Gasteiger partial charge in [-0.05, 0) is 18.9 Å². The van der Waals surface area contributed by atoms with Gasteiger partial charge in [-0.2, -0.15) is 0 Å². The number of hydrogen-bond acceptors (Lipinski definition) is 3. The zero-order chi connectivity index (χ0) is 16.7. The van der Waals surface area contributed by atoms with E-state index in [0.717, 1.165) is 36.9 Å². The first kappa shape index (κ1) is 17.9. The van der Waals surface area contributed by atoms with Crippen LogP contribution in [0.1, 0.15) is 38.2 Å². The van der Waals surface area contributed by atoms with Crippen molar-refractivity contribution in [1.29, 1.82) is 0 Å². The van der Waals surface area contributed by atoms with Crippen molar-refractivity contribution in [2.24, 2.45) is 0 Å². The first-order valence-corrected chi connectivity index (χ1v) is 9.55. The molecule has 1 saturated carbocycles. The zero-order valence-corrected chi connectivity index (χ0v) is 14.7. The first-order valence-electron chi connectivity index (χ1n) is 8.17. The molecule has 23 heavy (non-hydrogen) atoms. The van der Waals surface area contributed by atoms with E-state index in [9.17, 15) is 9.00 Å². The van der Waals surface area contributed by atoms with E-state index in [1.807, 2.05) is 31.2 Å². The molecule has 1 aliphatic rings. The summed E-state index contributed by atoms with van der Waals surface area (Å²) in [5, 5.41) is 5.97. The van der Waals surface area contributed by atoms with Crippen molar-refractivity contribution in [2.45, 2.75) is 50.5 Å². The fourth-order valence-electron chi connectivity index (χ4n) is 3.04. The first-order chi connectivity index (χ1) is 11.2. The fraction of sp³-hybridized carbons (Fsp3) is 0.588. The average molecular weight is 338 g/mol. The standard InChI is InChI=1S/C17H26N2O3S/c1-3-23(21)16-11-7-6-10-15(16)19-17(20)18-14-9-5-4-8-13(14)12-22-2/h4-5,8-9,15-16H,3,6-7,10-12H2,1-2H3,(H2,18,19,20). The Morgan fingerprint density at radius 2 is 2.04 bits per heavy atom. The van der Waals surface area contributed by atoms with Crippen molar-refractivity contribution in [3.05, 3.63) is 29.8 Å². The molecule has 0 heterocycles. The number of benzene rings is 1. The second-order valence-corrected chi connectivity index (χ2v) is 7.73. The maximum Gasteiger partial charge on any atom is 0.319 e. The molecule has 3 unspecified atom stereocenters. The Morgan fingerprint density at radius 1 is 1.30 bits per heavy atom. The Hall–Kier alpha value is -1.40. The van der Waals surface area contributed by atoms with Gasteiger partial charge in [0.25, 0.3) is 0 Å². The summed E-state index contributed by atoms with van der Waals surface area (Å²) in [4.78, 5) is 12.3. The van der Waals surface area contributed by atoms with Gasteiger partial charge in [0.05, 0.1) is 11.9 Å². The molecule has 1 aromatic carbocycles. The molecule has 3 atom stereocenters. The van der Waals surface area contributed by atoms with Crippen LogP contribution < -0.4 is 10.6 Å². The minimum absolute atomic E-state index is 0.0147. The van der Waals surface area contributed by atoms with Crippen LogP contribution in [0.3, 0.4) is 0 Å². The largest absolute Gasteiger partial charge is 0.380 e. The van der Waals surface area contributed by atoms with Gasteiger partial charge in [-0.15, -0.1) is 0 Å². The van der Waals surface area contributed by atoms with E-state index >= 15 is 0 Å². The number of amides is 2. The van der Waals surface area contributed by atoms with E-state index in [-0.39, 0.29) is 17.3 Å². The Morgan fingerprint density at radius 3 is 2.78 bits per heavy atom. The molecule has 0 radical (unpaired) electrons. The minimum Gasteiger partial charge on any atom is -0.380 e. The molecule has 0 bridgehead atoms. The Bertz CT molecular complexity index is 550. The second-order valence-electron chi connectivity index (χ2n) is 5.79. The second kappa shape index (κ2) is 9.03. The molecule has 2 amide bonds. The molecular formula is C17H26N2O3S. The molecule has 128 valence electrons. The van der Waals surface area contributed by atoms with Gasteiger partial charge in [0.2, 0.25) is 0 Å². The number of nitrogens with one attached hydrogen (secondary N) is 2. The molecule has 1 aliphatic carbocycles. The van der Waals surface area contributed by atoms with Crippen LogP contribution in [0.4, 0.5) is 10.5 Å². The van der Waals surface area contributed by atoms with E-state index in [1.54, 1.807) is 7.11 Å². The average Bonchev–Trinajstić information content (AvgIpc) is 2.56. The molecule has 0 aliphatic heterocycles. The van der Waals surface area contributed by atoms with Gasteiger partial charge in [0.15, 0.2) is 0 Å². The normalized spacial score (nSPS) is 22.3. The van der Waals surface area contributed by atoms with Gasteiger partial charge in [-0.3, -0.25) is 4.21 Å². The predicted octanol–water partition coefficient (Wildman–Crippen LogP) is 3.03. The summed E-state index contributed by atoms with van der Waals surface area (Å²) in [7, 11) is 0.752. The van der Waals surface area contributed by atoms with Crippen molar-refractivity contribution < 1.29 is 13.7 Å². The molecule has 1 fully saturated rings. The van der Waals surface area contributed by atoms with Crippen LogP contribution >= 0.6 is 0 Å². The summed E-state index contributed by atoms with van der Waals surface area (Å²) in [6, 6.07) is 7.33. The van der Waals surface area contributed by atoms with Crippen LogP contribution in [0.2, 0.25) is 0 Å². The van der Waals surface area contributed by atoms with Gasteiger partial charge in [0, 0.05) is 41.0 Å². The highest BCUT2D eigenvalue weighted by atomic mass is 32.2.